The van der Waals surface area contributed by atoms with Crippen molar-refractivity contribution in [1.82, 2.24) is 9.55 Å². The van der Waals surface area contributed by atoms with Crippen LogP contribution in [-0.2, 0) is 4.79 Å². The third-order valence-electron chi connectivity index (χ3n) is 3.98. The standard InChI is InChI=1S/C20H18N4O4S/c1-12(25)22-14-9-7-13(8-10-14)21-11-15-18(26)23-20(29)24(19(15)27)16-5-3-4-6-17(16)28-2/h3-11,27H,1-2H3,(H,22,25)(H,23,26,29). The number of hydrogen-bond donors (Lipinski definition) is 3. The zero-order valence-corrected chi connectivity index (χ0v) is 16.5. The second-order valence-electron chi connectivity index (χ2n) is 5.99. The van der Waals surface area contributed by atoms with E-state index in [4.69, 9.17) is 17.0 Å². The van der Waals surface area contributed by atoms with E-state index in [-0.39, 0.29) is 22.1 Å². The highest BCUT2D eigenvalue weighted by molar-refractivity contribution is 7.71. The summed E-state index contributed by atoms with van der Waals surface area (Å²) in [5, 5.41) is 13.4. The highest BCUT2D eigenvalue weighted by Gasteiger charge is 2.15. The molecule has 8 nitrogen and oxygen atoms in total. The molecule has 0 aliphatic carbocycles. The van der Waals surface area contributed by atoms with E-state index < -0.39 is 5.56 Å². The lowest BCUT2D eigenvalue weighted by Gasteiger charge is -2.14. The lowest BCUT2D eigenvalue weighted by atomic mass is 10.2. The summed E-state index contributed by atoms with van der Waals surface area (Å²) in [6, 6.07) is 13.7. The monoisotopic (exact) mass is 410 g/mol. The first-order valence-corrected chi connectivity index (χ1v) is 8.95. The molecule has 1 aromatic heterocycles. The van der Waals surface area contributed by atoms with Crippen molar-refractivity contribution in [3.05, 3.63) is 69.2 Å². The van der Waals surface area contributed by atoms with Crippen LogP contribution in [0.5, 0.6) is 11.6 Å². The van der Waals surface area contributed by atoms with Crippen molar-refractivity contribution in [2.24, 2.45) is 4.99 Å². The Kier molecular flexibility index (Phi) is 5.89. The van der Waals surface area contributed by atoms with Crippen LogP contribution in [-0.4, -0.2) is 33.9 Å². The number of rotatable bonds is 5. The SMILES string of the molecule is COc1ccccc1-n1c(O)c(C=Nc2ccc(NC(C)=O)cc2)c(=O)[nH]c1=S. The summed E-state index contributed by atoms with van der Waals surface area (Å²) < 4.78 is 6.64. The number of aliphatic imine (C=N–C) groups is 1. The quantitative estimate of drug-likeness (QED) is 0.442. The van der Waals surface area contributed by atoms with Gasteiger partial charge in [0, 0.05) is 18.8 Å². The van der Waals surface area contributed by atoms with Gasteiger partial charge < -0.3 is 15.2 Å². The third kappa shape index (κ3) is 4.41. The Balaban J connectivity index is 2.02. The Morgan fingerprint density at radius 2 is 1.93 bits per heavy atom. The molecule has 0 aliphatic heterocycles. The Bertz CT molecular complexity index is 1200. The number of amides is 1. The van der Waals surface area contributed by atoms with Crippen LogP contribution in [0.25, 0.3) is 5.69 Å². The molecule has 3 aromatic rings. The van der Waals surface area contributed by atoms with Crippen LogP contribution in [0.4, 0.5) is 11.4 Å². The van der Waals surface area contributed by atoms with Gasteiger partial charge in [-0.1, -0.05) is 12.1 Å². The highest BCUT2D eigenvalue weighted by atomic mass is 32.1. The average Bonchev–Trinajstić information content (AvgIpc) is 2.68. The van der Waals surface area contributed by atoms with Crippen molar-refractivity contribution in [2.45, 2.75) is 6.92 Å². The molecule has 29 heavy (non-hydrogen) atoms. The molecule has 2 aromatic carbocycles. The van der Waals surface area contributed by atoms with Gasteiger partial charge in [0.15, 0.2) is 4.77 Å². The van der Waals surface area contributed by atoms with E-state index in [0.29, 0.717) is 22.8 Å². The molecule has 0 saturated heterocycles. The van der Waals surface area contributed by atoms with E-state index in [2.05, 4.69) is 15.3 Å². The normalized spacial score (nSPS) is 10.8. The number of aromatic hydroxyl groups is 1. The molecule has 0 spiro atoms. The minimum absolute atomic E-state index is 0.0220. The number of ether oxygens (including phenoxy) is 1. The molecular weight excluding hydrogens is 392 g/mol. The van der Waals surface area contributed by atoms with Gasteiger partial charge in [-0.2, -0.15) is 0 Å². The van der Waals surface area contributed by atoms with Gasteiger partial charge in [-0.25, -0.2) is 0 Å². The number of anilines is 1. The molecule has 9 heteroatoms. The van der Waals surface area contributed by atoms with E-state index in [0.717, 1.165) is 0 Å². The van der Waals surface area contributed by atoms with Crippen molar-refractivity contribution in [3.8, 4) is 17.3 Å². The number of aromatic nitrogens is 2. The number of carbonyl (C=O) groups excluding carboxylic acids is 1. The Hall–Kier alpha value is -3.72. The first-order valence-electron chi connectivity index (χ1n) is 8.54. The third-order valence-corrected chi connectivity index (χ3v) is 4.26. The fourth-order valence-corrected chi connectivity index (χ4v) is 2.94. The number of aromatic amines is 1. The predicted molar refractivity (Wildman–Crippen MR) is 113 cm³/mol. The number of benzene rings is 2. The van der Waals surface area contributed by atoms with Gasteiger partial charge in [-0.15, -0.1) is 0 Å². The molecule has 0 fully saturated rings. The molecule has 0 atom stereocenters. The molecular formula is C20H18N4O4S. The molecule has 3 N–H and O–H groups in total. The van der Waals surface area contributed by atoms with Crippen molar-refractivity contribution >= 4 is 35.7 Å². The summed E-state index contributed by atoms with van der Waals surface area (Å²) in [5.41, 5.74) is 1.00. The smallest absolute Gasteiger partial charge is 0.264 e. The minimum atomic E-state index is -0.572. The van der Waals surface area contributed by atoms with E-state index in [1.165, 1.54) is 24.8 Å². The summed E-state index contributed by atoms with van der Waals surface area (Å²) in [4.78, 5) is 30.2. The molecule has 0 saturated carbocycles. The fourth-order valence-electron chi connectivity index (χ4n) is 2.67. The molecule has 0 aliphatic rings. The zero-order chi connectivity index (χ0) is 21.0. The molecule has 148 valence electrons. The topological polar surface area (TPSA) is 109 Å². The largest absolute Gasteiger partial charge is 0.495 e. The van der Waals surface area contributed by atoms with E-state index in [1.807, 2.05) is 0 Å². The Labute approximate surface area is 171 Å². The van der Waals surface area contributed by atoms with Crippen LogP contribution < -0.4 is 15.6 Å². The molecule has 1 heterocycles. The maximum Gasteiger partial charge on any atom is 0.264 e. The zero-order valence-electron chi connectivity index (χ0n) is 15.7. The molecule has 0 bridgehead atoms. The first kappa shape index (κ1) is 20.0. The average molecular weight is 410 g/mol. The Morgan fingerprint density at radius 3 is 2.59 bits per heavy atom. The van der Waals surface area contributed by atoms with Crippen molar-refractivity contribution < 1.29 is 14.6 Å². The van der Waals surface area contributed by atoms with Crippen LogP contribution in [0.3, 0.4) is 0 Å². The number of para-hydroxylation sites is 2. The molecule has 0 radical (unpaired) electrons. The van der Waals surface area contributed by atoms with Gasteiger partial charge in [-0.05, 0) is 48.6 Å². The lowest BCUT2D eigenvalue weighted by Crippen LogP contribution is -2.18. The van der Waals surface area contributed by atoms with Crippen LogP contribution in [0.15, 0.2) is 58.3 Å². The van der Waals surface area contributed by atoms with Crippen LogP contribution in [0, 0.1) is 4.77 Å². The van der Waals surface area contributed by atoms with E-state index in [1.54, 1.807) is 48.5 Å². The maximum absolute atomic E-state index is 12.3. The minimum Gasteiger partial charge on any atom is -0.495 e. The number of carbonyl (C=O) groups is 1. The van der Waals surface area contributed by atoms with Gasteiger partial charge in [0.25, 0.3) is 5.56 Å². The van der Waals surface area contributed by atoms with Crippen LogP contribution in [0.1, 0.15) is 12.5 Å². The van der Waals surface area contributed by atoms with Crippen molar-refractivity contribution in [1.29, 1.82) is 0 Å². The molecule has 0 unspecified atom stereocenters. The first-order chi connectivity index (χ1) is 13.9. The second kappa shape index (κ2) is 8.53. The summed E-state index contributed by atoms with van der Waals surface area (Å²) >= 11 is 5.22. The molecule has 1 amide bonds. The summed E-state index contributed by atoms with van der Waals surface area (Å²) in [6.07, 6.45) is 1.25. The Morgan fingerprint density at radius 1 is 1.24 bits per heavy atom. The highest BCUT2D eigenvalue weighted by Crippen LogP contribution is 2.27. The lowest BCUT2D eigenvalue weighted by molar-refractivity contribution is -0.114. The number of nitrogens with zero attached hydrogens (tertiary/aromatic N) is 2. The summed E-state index contributed by atoms with van der Waals surface area (Å²) in [6.45, 7) is 1.42. The van der Waals surface area contributed by atoms with Gasteiger partial charge in [0.2, 0.25) is 11.8 Å². The number of hydrogen-bond acceptors (Lipinski definition) is 6. The van der Waals surface area contributed by atoms with E-state index in [9.17, 15) is 14.7 Å². The van der Waals surface area contributed by atoms with Gasteiger partial charge in [0.05, 0.1) is 18.5 Å². The number of H-pyrrole nitrogens is 1. The fraction of sp³-hybridized carbons (Fsp3) is 0.100. The van der Waals surface area contributed by atoms with Crippen LogP contribution >= 0.6 is 12.2 Å². The molecule has 3 rings (SSSR count). The van der Waals surface area contributed by atoms with Crippen molar-refractivity contribution in [3.63, 3.8) is 0 Å². The van der Waals surface area contributed by atoms with Crippen molar-refractivity contribution in [2.75, 3.05) is 12.4 Å². The van der Waals surface area contributed by atoms with Gasteiger partial charge >= 0.3 is 0 Å². The number of nitrogens with one attached hydrogen (secondary N) is 2. The van der Waals surface area contributed by atoms with Gasteiger partial charge in [-0.3, -0.25) is 24.1 Å². The summed E-state index contributed by atoms with van der Waals surface area (Å²) in [5.74, 6) is -0.0631. The van der Waals surface area contributed by atoms with Gasteiger partial charge in [0.1, 0.15) is 11.3 Å². The second-order valence-corrected chi connectivity index (χ2v) is 6.38. The maximum atomic E-state index is 12.3. The van der Waals surface area contributed by atoms with E-state index >= 15 is 0 Å². The summed E-state index contributed by atoms with van der Waals surface area (Å²) in [7, 11) is 1.50. The number of methoxy groups -OCH3 is 1. The van der Waals surface area contributed by atoms with Crippen LogP contribution in [0.2, 0.25) is 0 Å². The predicted octanol–water partition coefficient (Wildman–Crippen LogP) is 3.32.